The van der Waals surface area contributed by atoms with Gasteiger partial charge in [0.15, 0.2) is 0 Å². The number of phenolic OH excluding ortho intramolecular Hbond substituents is 1. The number of aryl methyl sites for hydroxylation is 2. The predicted octanol–water partition coefficient (Wildman–Crippen LogP) is 5.17. The Bertz CT molecular complexity index is 1030. The molecule has 154 valence electrons. The molecule has 1 amide bonds. The summed E-state index contributed by atoms with van der Waals surface area (Å²) in [7, 11) is 0. The molecule has 0 saturated heterocycles. The van der Waals surface area contributed by atoms with Gasteiger partial charge in [0, 0.05) is 23.0 Å². The number of benzene rings is 1. The number of allylic oxidation sites excluding steroid dienone is 2. The van der Waals surface area contributed by atoms with Crippen LogP contribution in [-0.2, 0) is 0 Å². The molecule has 4 rings (SSSR count). The van der Waals surface area contributed by atoms with Gasteiger partial charge in [-0.1, -0.05) is 16.8 Å². The molecule has 0 fully saturated rings. The zero-order chi connectivity index (χ0) is 21.1. The Morgan fingerprint density at radius 2 is 2.00 bits per heavy atom. The van der Waals surface area contributed by atoms with Gasteiger partial charge in [-0.15, -0.1) is 0 Å². The smallest absolute Gasteiger partial charge is 0.262 e. The SMILES string of the molecule is CC1=CC2c3c(cc(C)c(C(=O)Nc4onc(C)c4C)c3O)OC(C)(C)C2CC1. The molecule has 2 heterocycles. The maximum atomic E-state index is 13.0. The van der Waals surface area contributed by atoms with Gasteiger partial charge in [0.2, 0.25) is 5.88 Å². The number of carbonyl (C=O) groups excluding carboxylic acids is 1. The van der Waals surface area contributed by atoms with E-state index in [0.29, 0.717) is 28.5 Å². The lowest BCUT2D eigenvalue weighted by atomic mass is 9.67. The van der Waals surface area contributed by atoms with Crippen molar-refractivity contribution in [3.05, 3.63) is 45.7 Å². The highest BCUT2D eigenvalue weighted by Gasteiger charge is 2.46. The van der Waals surface area contributed by atoms with Crippen LogP contribution in [0.5, 0.6) is 11.5 Å². The summed E-state index contributed by atoms with van der Waals surface area (Å²) < 4.78 is 11.5. The van der Waals surface area contributed by atoms with Gasteiger partial charge in [-0.05, 0) is 66.0 Å². The van der Waals surface area contributed by atoms with Crippen molar-refractivity contribution >= 4 is 11.8 Å². The van der Waals surface area contributed by atoms with Crippen LogP contribution in [0, 0.1) is 26.7 Å². The van der Waals surface area contributed by atoms with Crippen LogP contribution in [0.2, 0.25) is 0 Å². The fourth-order valence-corrected chi connectivity index (χ4v) is 4.67. The molecule has 2 unspecified atom stereocenters. The molecule has 0 radical (unpaired) electrons. The minimum Gasteiger partial charge on any atom is -0.507 e. The van der Waals surface area contributed by atoms with Crippen molar-refractivity contribution in [2.45, 2.75) is 65.9 Å². The molecule has 1 aromatic carbocycles. The maximum absolute atomic E-state index is 13.0. The monoisotopic (exact) mass is 396 g/mol. The second kappa shape index (κ2) is 6.65. The van der Waals surface area contributed by atoms with Gasteiger partial charge in [0.25, 0.3) is 5.91 Å². The van der Waals surface area contributed by atoms with Crippen LogP contribution < -0.4 is 10.1 Å². The summed E-state index contributed by atoms with van der Waals surface area (Å²) >= 11 is 0. The molecule has 1 aromatic heterocycles. The van der Waals surface area contributed by atoms with Crippen LogP contribution in [0.3, 0.4) is 0 Å². The van der Waals surface area contributed by atoms with Gasteiger partial charge in [0.05, 0.1) is 11.3 Å². The number of ether oxygens (including phenoxy) is 1. The first-order chi connectivity index (χ1) is 13.6. The van der Waals surface area contributed by atoms with Crippen LogP contribution in [0.15, 0.2) is 22.2 Å². The van der Waals surface area contributed by atoms with Crippen LogP contribution in [0.4, 0.5) is 5.88 Å². The van der Waals surface area contributed by atoms with Crippen molar-refractivity contribution in [3.63, 3.8) is 0 Å². The summed E-state index contributed by atoms with van der Waals surface area (Å²) in [5, 5.41) is 17.8. The molecule has 2 N–H and O–H groups in total. The molecule has 6 nitrogen and oxygen atoms in total. The van der Waals surface area contributed by atoms with Crippen LogP contribution >= 0.6 is 0 Å². The number of aromatic hydroxyl groups is 1. The molecule has 0 spiro atoms. The number of nitrogens with one attached hydrogen (secondary N) is 1. The van der Waals surface area contributed by atoms with E-state index in [0.717, 1.165) is 18.4 Å². The van der Waals surface area contributed by atoms with Gasteiger partial charge in [-0.3, -0.25) is 10.1 Å². The molecule has 0 saturated carbocycles. The maximum Gasteiger partial charge on any atom is 0.262 e. The van der Waals surface area contributed by atoms with Gasteiger partial charge in [-0.25, -0.2) is 0 Å². The molecule has 2 atom stereocenters. The minimum absolute atomic E-state index is 0.0113. The van der Waals surface area contributed by atoms with E-state index in [9.17, 15) is 9.90 Å². The average Bonchev–Trinajstić information content (AvgIpc) is 2.92. The number of hydrogen-bond donors (Lipinski definition) is 2. The normalized spacial score (nSPS) is 22.2. The zero-order valence-electron chi connectivity index (χ0n) is 17.8. The predicted molar refractivity (Wildman–Crippen MR) is 111 cm³/mol. The second-order valence-electron chi connectivity index (χ2n) is 8.89. The Morgan fingerprint density at radius 3 is 2.66 bits per heavy atom. The third-order valence-electron chi connectivity index (χ3n) is 6.46. The van der Waals surface area contributed by atoms with Crippen LogP contribution in [0.1, 0.15) is 72.3 Å². The van der Waals surface area contributed by atoms with E-state index in [4.69, 9.17) is 9.26 Å². The third-order valence-corrected chi connectivity index (χ3v) is 6.46. The fraction of sp³-hybridized carbons (Fsp3) is 0.478. The van der Waals surface area contributed by atoms with Crippen molar-refractivity contribution in [1.29, 1.82) is 0 Å². The molecule has 2 aromatic rings. The van der Waals surface area contributed by atoms with Crippen molar-refractivity contribution in [1.82, 2.24) is 5.16 Å². The highest BCUT2D eigenvalue weighted by atomic mass is 16.5. The Balaban J connectivity index is 1.81. The first kappa shape index (κ1) is 19.6. The summed E-state index contributed by atoms with van der Waals surface area (Å²) in [6.07, 6.45) is 4.23. The third kappa shape index (κ3) is 3.11. The summed E-state index contributed by atoms with van der Waals surface area (Å²) in [5.41, 5.74) is 4.04. The van der Waals surface area contributed by atoms with Crippen molar-refractivity contribution in [3.8, 4) is 11.5 Å². The number of aromatic nitrogens is 1. The summed E-state index contributed by atoms with van der Waals surface area (Å²) in [6.45, 7) is 11.8. The lowest BCUT2D eigenvalue weighted by Crippen LogP contribution is -2.45. The molecule has 6 heteroatoms. The van der Waals surface area contributed by atoms with E-state index < -0.39 is 5.91 Å². The lowest BCUT2D eigenvalue weighted by molar-refractivity contribution is 0.0107. The number of amides is 1. The highest BCUT2D eigenvalue weighted by molar-refractivity contribution is 6.07. The first-order valence-corrected chi connectivity index (χ1v) is 10.1. The van der Waals surface area contributed by atoms with Gasteiger partial charge >= 0.3 is 0 Å². The molecule has 0 bridgehead atoms. The quantitative estimate of drug-likeness (QED) is 0.684. The van der Waals surface area contributed by atoms with Crippen molar-refractivity contribution < 1.29 is 19.2 Å². The van der Waals surface area contributed by atoms with E-state index in [1.807, 2.05) is 19.9 Å². The topological polar surface area (TPSA) is 84.6 Å². The molecular weight excluding hydrogens is 368 g/mol. The molecule has 1 aliphatic carbocycles. The molecular formula is C23H28N2O4. The summed E-state index contributed by atoms with van der Waals surface area (Å²) in [6, 6.07) is 1.86. The number of nitrogens with zero attached hydrogens (tertiary/aromatic N) is 1. The largest absolute Gasteiger partial charge is 0.507 e. The first-order valence-electron chi connectivity index (χ1n) is 10.1. The Labute approximate surface area is 170 Å². The number of hydrogen-bond acceptors (Lipinski definition) is 5. The zero-order valence-corrected chi connectivity index (χ0v) is 17.8. The molecule has 1 aliphatic heterocycles. The fourth-order valence-electron chi connectivity index (χ4n) is 4.67. The minimum atomic E-state index is -0.417. The van der Waals surface area contributed by atoms with E-state index in [-0.39, 0.29) is 28.7 Å². The second-order valence-corrected chi connectivity index (χ2v) is 8.89. The van der Waals surface area contributed by atoms with E-state index in [1.165, 1.54) is 5.57 Å². The van der Waals surface area contributed by atoms with E-state index in [2.05, 4.69) is 37.3 Å². The van der Waals surface area contributed by atoms with Crippen molar-refractivity contribution in [2.24, 2.45) is 5.92 Å². The summed E-state index contributed by atoms with van der Waals surface area (Å²) in [5.74, 6) is 0.780. The van der Waals surface area contributed by atoms with Crippen LogP contribution in [0.25, 0.3) is 0 Å². The van der Waals surface area contributed by atoms with Gasteiger partial charge < -0.3 is 14.4 Å². The highest BCUT2D eigenvalue weighted by Crippen LogP contribution is 2.54. The van der Waals surface area contributed by atoms with Crippen LogP contribution in [-0.4, -0.2) is 21.8 Å². The van der Waals surface area contributed by atoms with Gasteiger partial charge in [0.1, 0.15) is 17.1 Å². The van der Waals surface area contributed by atoms with Crippen molar-refractivity contribution in [2.75, 3.05) is 5.32 Å². The number of carbonyl (C=O) groups is 1. The number of fused-ring (bicyclic) bond motifs is 3. The van der Waals surface area contributed by atoms with E-state index in [1.54, 1.807) is 6.92 Å². The Kier molecular flexibility index (Phi) is 4.48. The standard InChI is InChI=1S/C23H28N2O4/c1-11-7-8-16-15(9-11)19-17(28-23(16,5)6)10-12(2)18(20(19)26)21(27)24-22-13(3)14(4)25-29-22/h9-10,15-16,26H,7-8H2,1-6H3,(H,24,27). The lowest BCUT2D eigenvalue weighted by Gasteiger charge is -2.46. The molecule has 2 aliphatic rings. The van der Waals surface area contributed by atoms with Gasteiger partial charge in [-0.2, -0.15) is 0 Å². The van der Waals surface area contributed by atoms with E-state index >= 15 is 0 Å². The number of phenols is 1. The Hall–Kier alpha value is -2.76. The molecule has 29 heavy (non-hydrogen) atoms. The average molecular weight is 396 g/mol. The summed E-state index contributed by atoms with van der Waals surface area (Å²) in [4.78, 5) is 13.0. The number of anilines is 1. The number of rotatable bonds is 2. The Morgan fingerprint density at radius 1 is 1.28 bits per heavy atom.